The molecular weight excluding hydrogens is 252 g/mol. The number of carbonyl (C=O) groups excluding carboxylic acids is 2. The topological polar surface area (TPSA) is 58.2 Å². The molecule has 1 aromatic carbocycles. The van der Waals surface area contributed by atoms with Crippen LogP contribution in [0.2, 0.25) is 0 Å². The minimum absolute atomic E-state index is 0.0215. The zero-order valence-electron chi connectivity index (χ0n) is 12.3. The lowest BCUT2D eigenvalue weighted by Gasteiger charge is -2.18. The van der Waals surface area contributed by atoms with Gasteiger partial charge in [-0.1, -0.05) is 50.1 Å². The quantitative estimate of drug-likeness (QED) is 0.681. The average Bonchev–Trinajstić information content (AvgIpc) is 2.45. The smallest absolute Gasteiger partial charge is 0.222 e. The summed E-state index contributed by atoms with van der Waals surface area (Å²) >= 11 is 0. The Balaban J connectivity index is 2.46. The highest BCUT2D eigenvalue weighted by Gasteiger charge is 2.15. The molecule has 20 heavy (non-hydrogen) atoms. The molecule has 110 valence electrons. The van der Waals surface area contributed by atoms with E-state index in [0.29, 0.717) is 12.8 Å². The summed E-state index contributed by atoms with van der Waals surface area (Å²) in [6, 6.07) is 9.74. The first kappa shape index (κ1) is 16.2. The van der Waals surface area contributed by atoms with E-state index in [1.54, 1.807) is 0 Å². The molecule has 2 N–H and O–H groups in total. The van der Waals surface area contributed by atoms with Crippen LogP contribution >= 0.6 is 0 Å². The summed E-state index contributed by atoms with van der Waals surface area (Å²) in [5, 5.41) is 5.69. The Morgan fingerprint density at radius 3 is 2.60 bits per heavy atom. The zero-order valence-corrected chi connectivity index (χ0v) is 12.3. The summed E-state index contributed by atoms with van der Waals surface area (Å²) in [7, 11) is 0. The van der Waals surface area contributed by atoms with Crippen molar-refractivity contribution < 1.29 is 9.59 Å². The first-order chi connectivity index (χ1) is 9.67. The number of hydrogen-bond acceptors (Lipinski definition) is 2. The third-order valence-electron chi connectivity index (χ3n) is 3.32. The summed E-state index contributed by atoms with van der Waals surface area (Å²) in [5.41, 5.74) is 1.08. The van der Waals surface area contributed by atoms with Crippen molar-refractivity contribution >= 4 is 12.3 Å². The van der Waals surface area contributed by atoms with Gasteiger partial charge in [-0.05, 0) is 18.9 Å². The van der Waals surface area contributed by atoms with E-state index in [0.717, 1.165) is 24.8 Å². The molecule has 0 saturated carbocycles. The predicted molar refractivity (Wildman–Crippen MR) is 80.1 cm³/mol. The van der Waals surface area contributed by atoms with Gasteiger partial charge in [0, 0.05) is 12.5 Å². The molecular formula is C16H24N2O2. The second-order valence-corrected chi connectivity index (χ2v) is 5.03. The molecule has 4 heteroatoms. The van der Waals surface area contributed by atoms with Gasteiger partial charge in [-0.2, -0.15) is 0 Å². The van der Waals surface area contributed by atoms with E-state index in [1.165, 1.54) is 0 Å². The van der Waals surface area contributed by atoms with Gasteiger partial charge in [-0.25, -0.2) is 0 Å². The molecule has 1 rings (SSSR count). The van der Waals surface area contributed by atoms with Crippen LogP contribution in [0.25, 0.3) is 0 Å². The lowest BCUT2D eigenvalue weighted by atomic mass is 10.1. The monoisotopic (exact) mass is 276 g/mol. The lowest BCUT2D eigenvalue weighted by molar-refractivity contribution is -0.122. The second-order valence-electron chi connectivity index (χ2n) is 5.03. The molecule has 4 nitrogen and oxygen atoms in total. The zero-order chi connectivity index (χ0) is 14.8. The van der Waals surface area contributed by atoms with Gasteiger partial charge in [-0.3, -0.25) is 9.59 Å². The summed E-state index contributed by atoms with van der Waals surface area (Å²) in [5.74, 6) is -0.0307. The summed E-state index contributed by atoms with van der Waals surface area (Å²) in [6.45, 7) is 4.05. The third-order valence-corrected chi connectivity index (χ3v) is 3.32. The number of benzene rings is 1. The van der Waals surface area contributed by atoms with Gasteiger partial charge in [0.25, 0.3) is 0 Å². The van der Waals surface area contributed by atoms with Crippen molar-refractivity contribution in [2.24, 2.45) is 0 Å². The average molecular weight is 276 g/mol. The van der Waals surface area contributed by atoms with E-state index in [-0.39, 0.29) is 18.0 Å². The molecule has 0 saturated heterocycles. The number of hydrogen-bond donors (Lipinski definition) is 2. The fourth-order valence-corrected chi connectivity index (χ4v) is 2.14. The van der Waals surface area contributed by atoms with Crippen LogP contribution in [0.15, 0.2) is 30.3 Å². The largest absolute Gasteiger partial charge is 0.355 e. The molecule has 0 spiro atoms. The van der Waals surface area contributed by atoms with Gasteiger partial charge in [0.2, 0.25) is 12.3 Å². The first-order valence-corrected chi connectivity index (χ1v) is 7.21. The number of unbranched alkanes of at least 4 members (excludes halogenated alkanes) is 1. The Labute approximate surface area is 121 Å². The van der Waals surface area contributed by atoms with Gasteiger partial charge >= 0.3 is 0 Å². The second kappa shape index (κ2) is 9.13. The Morgan fingerprint density at radius 1 is 1.30 bits per heavy atom. The molecule has 0 radical (unpaired) electrons. The van der Waals surface area contributed by atoms with E-state index >= 15 is 0 Å². The fraction of sp³-hybridized carbons (Fsp3) is 0.500. The number of carbonyl (C=O) groups is 2. The molecule has 0 heterocycles. The van der Waals surface area contributed by atoms with Gasteiger partial charge in [0.05, 0.1) is 6.04 Å². The van der Waals surface area contributed by atoms with Crippen molar-refractivity contribution in [3.8, 4) is 0 Å². The Kier molecular flexibility index (Phi) is 7.40. The highest BCUT2D eigenvalue weighted by Crippen LogP contribution is 2.12. The number of nitrogens with one attached hydrogen (secondary N) is 2. The van der Waals surface area contributed by atoms with E-state index in [4.69, 9.17) is 0 Å². The van der Waals surface area contributed by atoms with Gasteiger partial charge in [-0.15, -0.1) is 0 Å². The van der Waals surface area contributed by atoms with Crippen LogP contribution in [-0.2, 0) is 9.59 Å². The fourth-order valence-electron chi connectivity index (χ4n) is 2.14. The standard InChI is InChI=1S/C16H24N2O2/c1-3-4-10-15(17-12-19)11-16(20)18-13(2)14-8-6-5-7-9-14/h5-9,12-13,15H,3-4,10-11H2,1-2H3,(H,17,19)(H,18,20)/t13-,15+/m1/s1. The molecule has 0 fully saturated rings. The minimum Gasteiger partial charge on any atom is -0.355 e. The maximum absolute atomic E-state index is 12.0. The minimum atomic E-state index is -0.0737. The lowest BCUT2D eigenvalue weighted by Crippen LogP contribution is -2.36. The van der Waals surface area contributed by atoms with Gasteiger partial charge in [0.1, 0.15) is 0 Å². The molecule has 0 aliphatic heterocycles. The van der Waals surface area contributed by atoms with Gasteiger partial charge < -0.3 is 10.6 Å². The van der Waals surface area contributed by atoms with Crippen LogP contribution in [0.4, 0.5) is 0 Å². The molecule has 0 aliphatic rings. The third kappa shape index (κ3) is 5.87. The van der Waals surface area contributed by atoms with Crippen molar-refractivity contribution in [2.75, 3.05) is 0 Å². The summed E-state index contributed by atoms with van der Waals surface area (Å²) in [6.07, 6.45) is 3.90. The maximum Gasteiger partial charge on any atom is 0.222 e. The normalized spacial score (nSPS) is 13.3. The molecule has 0 unspecified atom stereocenters. The van der Waals surface area contributed by atoms with Crippen molar-refractivity contribution in [1.82, 2.24) is 10.6 Å². The van der Waals surface area contributed by atoms with Crippen molar-refractivity contribution in [3.05, 3.63) is 35.9 Å². The summed E-state index contributed by atoms with van der Waals surface area (Å²) in [4.78, 5) is 22.6. The highest BCUT2D eigenvalue weighted by atomic mass is 16.2. The van der Waals surface area contributed by atoms with Crippen LogP contribution < -0.4 is 10.6 Å². The molecule has 0 bridgehead atoms. The Morgan fingerprint density at radius 2 is 2.00 bits per heavy atom. The molecule has 1 aromatic rings. The Bertz CT molecular complexity index is 406. The van der Waals surface area contributed by atoms with E-state index in [2.05, 4.69) is 17.6 Å². The predicted octanol–water partition coefficient (Wildman–Crippen LogP) is 2.56. The number of amides is 2. The maximum atomic E-state index is 12.0. The summed E-state index contributed by atoms with van der Waals surface area (Å²) < 4.78 is 0. The first-order valence-electron chi connectivity index (χ1n) is 7.21. The van der Waals surface area contributed by atoms with Gasteiger partial charge in [0.15, 0.2) is 0 Å². The number of rotatable bonds is 9. The Hall–Kier alpha value is -1.84. The molecule has 0 aliphatic carbocycles. The van der Waals surface area contributed by atoms with Crippen LogP contribution in [-0.4, -0.2) is 18.4 Å². The van der Waals surface area contributed by atoms with Crippen molar-refractivity contribution in [3.63, 3.8) is 0 Å². The van der Waals surface area contributed by atoms with Crippen LogP contribution in [0, 0.1) is 0 Å². The molecule has 0 aromatic heterocycles. The molecule has 2 amide bonds. The van der Waals surface area contributed by atoms with E-state index < -0.39 is 0 Å². The van der Waals surface area contributed by atoms with Crippen LogP contribution in [0.5, 0.6) is 0 Å². The van der Waals surface area contributed by atoms with Crippen LogP contribution in [0.3, 0.4) is 0 Å². The van der Waals surface area contributed by atoms with Crippen molar-refractivity contribution in [1.29, 1.82) is 0 Å². The highest BCUT2D eigenvalue weighted by molar-refractivity contribution is 5.77. The van der Waals surface area contributed by atoms with E-state index in [1.807, 2.05) is 37.3 Å². The van der Waals surface area contributed by atoms with Crippen LogP contribution in [0.1, 0.15) is 51.1 Å². The van der Waals surface area contributed by atoms with E-state index in [9.17, 15) is 9.59 Å². The molecule has 2 atom stereocenters. The van der Waals surface area contributed by atoms with Crippen molar-refractivity contribution in [2.45, 2.75) is 51.6 Å². The SMILES string of the molecule is CCCC[C@@H](CC(=O)N[C@H](C)c1ccccc1)NC=O.